The summed E-state index contributed by atoms with van der Waals surface area (Å²) in [5, 5.41) is 3.75. The Labute approximate surface area is 139 Å². The highest BCUT2D eigenvalue weighted by Crippen LogP contribution is 2.54. The Morgan fingerprint density at radius 1 is 1.14 bits per heavy atom. The predicted octanol–water partition coefficient (Wildman–Crippen LogP) is 4.84. The average Bonchev–Trinajstić information content (AvgIpc) is 2.49. The molecule has 0 bridgehead atoms. The first-order valence-corrected chi connectivity index (χ1v) is 10.0. The lowest BCUT2D eigenvalue weighted by Gasteiger charge is -2.53. The molecular formula is C20H40N2. The molecule has 2 rings (SSSR count). The van der Waals surface area contributed by atoms with Gasteiger partial charge in [0.1, 0.15) is 0 Å². The van der Waals surface area contributed by atoms with Crippen molar-refractivity contribution >= 4 is 0 Å². The second-order valence-electron chi connectivity index (χ2n) is 8.44. The maximum absolute atomic E-state index is 3.75. The Kier molecular flexibility index (Phi) is 7.21. The van der Waals surface area contributed by atoms with E-state index in [2.05, 4.69) is 38.0 Å². The Hall–Kier alpha value is -0.0800. The maximum Gasteiger partial charge on any atom is 0.00926 e. The lowest BCUT2D eigenvalue weighted by atomic mass is 9.55. The molecule has 2 nitrogen and oxygen atoms in total. The number of unbranched alkanes of at least 4 members (excludes halogenated alkanes) is 1. The number of nitrogens with one attached hydrogen (secondary N) is 1. The molecule has 2 heteroatoms. The molecule has 0 aromatic heterocycles. The molecule has 0 amide bonds. The molecule has 2 fully saturated rings. The average molecular weight is 309 g/mol. The van der Waals surface area contributed by atoms with Crippen LogP contribution < -0.4 is 5.32 Å². The second-order valence-corrected chi connectivity index (χ2v) is 8.44. The fourth-order valence-electron chi connectivity index (χ4n) is 4.87. The van der Waals surface area contributed by atoms with Crippen molar-refractivity contribution < 1.29 is 0 Å². The van der Waals surface area contributed by atoms with Gasteiger partial charge in [-0.3, -0.25) is 0 Å². The zero-order chi connectivity index (χ0) is 16.0. The highest BCUT2D eigenvalue weighted by Gasteiger charge is 2.45. The van der Waals surface area contributed by atoms with Gasteiger partial charge in [-0.1, -0.05) is 26.7 Å². The Morgan fingerprint density at radius 3 is 2.41 bits per heavy atom. The highest BCUT2D eigenvalue weighted by molar-refractivity contribution is 4.98. The molecular weight excluding hydrogens is 268 g/mol. The quantitative estimate of drug-likeness (QED) is 0.656. The molecule has 2 aliphatic carbocycles. The van der Waals surface area contributed by atoms with E-state index in [1.54, 1.807) is 0 Å². The largest absolute Gasteiger partial charge is 0.314 e. The van der Waals surface area contributed by atoms with E-state index in [1.165, 1.54) is 77.3 Å². The van der Waals surface area contributed by atoms with Crippen LogP contribution in [0.2, 0.25) is 0 Å². The minimum atomic E-state index is 0.713. The van der Waals surface area contributed by atoms with Crippen LogP contribution in [0.1, 0.15) is 85.0 Å². The van der Waals surface area contributed by atoms with Gasteiger partial charge in [0.25, 0.3) is 0 Å². The fourth-order valence-corrected chi connectivity index (χ4v) is 4.87. The van der Waals surface area contributed by atoms with E-state index in [-0.39, 0.29) is 0 Å². The fraction of sp³-hybridized carbons (Fsp3) is 1.00. The van der Waals surface area contributed by atoms with Crippen molar-refractivity contribution in [2.24, 2.45) is 11.3 Å². The van der Waals surface area contributed by atoms with Crippen LogP contribution in [0.25, 0.3) is 0 Å². The zero-order valence-electron chi connectivity index (χ0n) is 15.7. The third-order valence-corrected chi connectivity index (χ3v) is 6.42. The number of nitrogens with zero attached hydrogens (tertiary/aromatic N) is 1. The number of hydrogen-bond donors (Lipinski definition) is 1. The smallest absolute Gasteiger partial charge is 0.00926 e. The lowest BCUT2D eigenvalue weighted by molar-refractivity contribution is -0.00909. The van der Waals surface area contributed by atoms with Crippen molar-refractivity contribution in [2.75, 3.05) is 20.1 Å². The van der Waals surface area contributed by atoms with Crippen molar-refractivity contribution in [2.45, 2.75) is 97.1 Å². The molecule has 0 aromatic carbocycles. The second kappa shape index (κ2) is 8.68. The van der Waals surface area contributed by atoms with Crippen LogP contribution in [0, 0.1) is 11.3 Å². The topological polar surface area (TPSA) is 15.3 Å². The van der Waals surface area contributed by atoms with Crippen LogP contribution in [-0.2, 0) is 0 Å². The monoisotopic (exact) mass is 308 g/mol. The van der Waals surface area contributed by atoms with E-state index in [4.69, 9.17) is 0 Å². The lowest BCUT2D eigenvalue weighted by Crippen LogP contribution is -2.48. The van der Waals surface area contributed by atoms with Crippen LogP contribution in [0.3, 0.4) is 0 Å². The SMILES string of the molecule is CCCCN(C)C1CCC2(CC1)CC(CNC(C)CCC)C2. The summed E-state index contributed by atoms with van der Waals surface area (Å²) in [5.74, 6) is 0.966. The zero-order valence-corrected chi connectivity index (χ0v) is 15.7. The summed E-state index contributed by atoms with van der Waals surface area (Å²) in [7, 11) is 2.35. The molecule has 1 spiro atoms. The highest BCUT2D eigenvalue weighted by atomic mass is 15.1. The molecule has 0 heterocycles. The van der Waals surface area contributed by atoms with Gasteiger partial charge in [0.2, 0.25) is 0 Å². The Morgan fingerprint density at radius 2 is 1.82 bits per heavy atom. The molecule has 0 radical (unpaired) electrons. The number of rotatable bonds is 9. The normalized spacial score (nSPS) is 33.1. The first kappa shape index (κ1) is 18.3. The predicted molar refractivity (Wildman–Crippen MR) is 97.3 cm³/mol. The van der Waals surface area contributed by atoms with Crippen LogP contribution in [0.4, 0.5) is 0 Å². The molecule has 0 saturated heterocycles. The summed E-state index contributed by atoms with van der Waals surface area (Å²) in [5.41, 5.74) is 0.752. The Bertz CT molecular complexity index is 299. The van der Waals surface area contributed by atoms with Crippen molar-refractivity contribution in [3.63, 3.8) is 0 Å². The first-order valence-electron chi connectivity index (χ1n) is 10.0. The van der Waals surface area contributed by atoms with Crippen molar-refractivity contribution in [3.05, 3.63) is 0 Å². The maximum atomic E-state index is 3.75. The third-order valence-electron chi connectivity index (χ3n) is 6.42. The van der Waals surface area contributed by atoms with Crippen molar-refractivity contribution in [3.8, 4) is 0 Å². The minimum Gasteiger partial charge on any atom is -0.314 e. The molecule has 0 aliphatic heterocycles. The number of hydrogen-bond acceptors (Lipinski definition) is 2. The van der Waals surface area contributed by atoms with Gasteiger partial charge >= 0.3 is 0 Å². The third kappa shape index (κ3) is 4.96. The van der Waals surface area contributed by atoms with Gasteiger partial charge in [-0.15, -0.1) is 0 Å². The van der Waals surface area contributed by atoms with Crippen LogP contribution in [0.15, 0.2) is 0 Å². The summed E-state index contributed by atoms with van der Waals surface area (Å²) in [6.45, 7) is 9.49. The molecule has 0 aromatic rings. The summed E-state index contributed by atoms with van der Waals surface area (Å²) in [6, 6.07) is 1.59. The van der Waals surface area contributed by atoms with Gasteiger partial charge in [0.05, 0.1) is 0 Å². The molecule has 1 unspecified atom stereocenters. The van der Waals surface area contributed by atoms with Crippen LogP contribution in [0.5, 0.6) is 0 Å². The Balaban J connectivity index is 1.62. The van der Waals surface area contributed by atoms with Gasteiger partial charge < -0.3 is 10.2 Å². The van der Waals surface area contributed by atoms with E-state index in [0.29, 0.717) is 6.04 Å². The molecule has 1 atom stereocenters. The summed E-state index contributed by atoms with van der Waals surface area (Å²) in [4.78, 5) is 2.64. The molecule has 130 valence electrons. The van der Waals surface area contributed by atoms with E-state index >= 15 is 0 Å². The first-order chi connectivity index (χ1) is 10.6. The van der Waals surface area contributed by atoms with Gasteiger partial charge in [-0.25, -0.2) is 0 Å². The summed E-state index contributed by atoms with van der Waals surface area (Å²) >= 11 is 0. The van der Waals surface area contributed by atoms with E-state index < -0.39 is 0 Å². The van der Waals surface area contributed by atoms with E-state index in [9.17, 15) is 0 Å². The van der Waals surface area contributed by atoms with Crippen LogP contribution in [-0.4, -0.2) is 37.1 Å². The summed E-state index contributed by atoms with van der Waals surface area (Å²) < 4.78 is 0. The molecule has 2 aliphatic rings. The van der Waals surface area contributed by atoms with Crippen LogP contribution >= 0.6 is 0 Å². The molecule has 22 heavy (non-hydrogen) atoms. The minimum absolute atomic E-state index is 0.713. The van der Waals surface area contributed by atoms with E-state index in [1.807, 2.05) is 0 Å². The van der Waals surface area contributed by atoms with Gasteiger partial charge in [0, 0.05) is 12.1 Å². The summed E-state index contributed by atoms with van der Waals surface area (Å²) in [6.07, 6.45) is 14.2. The molecule has 2 saturated carbocycles. The molecule has 1 N–H and O–H groups in total. The van der Waals surface area contributed by atoms with Crippen molar-refractivity contribution in [1.82, 2.24) is 10.2 Å². The van der Waals surface area contributed by atoms with Crippen molar-refractivity contribution in [1.29, 1.82) is 0 Å². The standard InChI is InChI=1S/C20H40N2/c1-5-7-13-22(4)19-9-11-20(12-10-19)14-18(15-20)16-21-17(3)8-6-2/h17-19,21H,5-16H2,1-4H3. The van der Waals surface area contributed by atoms with E-state index in [0.717, 1.165) is 17.4 Å². The van der Waals surface area contributed by atoms with Gasteiger partial charge in [-0.2, -0.15) is 0 Å². The van der Waals surface area contributed by atoms with Gasteiger partial charge in [0.15, 0.2) is 0 Å². The van der Waals surface area contributed by atoms with Gasteiger partial charge in [-0.05, 0) is 89.8 Å².